The van der Waals surface area contributed by atoms with E-state index in [0.29, 0.717) is 11.1 Å². The van der Waals surface area contributed by atoms with Crippen LogP contribution in [0.15, 0.2) is 48.5 Å². The van der Waals surface area contributed by atoms with Gasteiger partial charge in [0, 0.05) is 29.2 Å². The summed E-state index contributed by atoms with van der Waals surface area (Å²) in [6.45, 7) is 5.78. The second kappa shape index (κ2) is 10.1. The molecule has 0 saturated carbocycles. The summed E-state index contributed by atoms with van der Waals surface area (Å²) in [5, 5.41) is 12.3. The Morgan fingerprint density at radius 1 is 1.16 bits per heavy atom. The Kier molecular flexibility index (Phi) is 7.26. The number of methoxy groups -OCH3 is 2. The van der Waals surface area contributed by atoms with E-state index in [1.54, 1.807) is 0 Å². The van der Waals surface area contributed by atoms with Crippen LogP contribution in [-0.4, -0.2) is 26.4 Å². The minimum Gasteiger partial charge on any atom is -0.494 e. The average molecular weight is 541 g/mol. The highest BCUT2D eigenvalue weighted by Crippen LogP contribution is 2.53. The molecule has 9 heteroatoms. The maximum Gasteiger partial charge on any atom is 0.407 e. The van der Waals surface area contributed by atoms with E-state index in [0.717, 1.165) is 6.07 Å². The van der Waals surface area contributed by atoms with Crippen molar-refractivity contribution < 1.29 is 27.8 Å². The fraction of sp³-hybridized carbons (Fsp3) is 0.310. The molecule has 0 fully saturated rings. The third kappa shape index (κ3) is 4.52. The quantitative estimate of drug-likeness (QED) is 0.386. The Hall–Kier alpha value is -3.83. The Labute approximate surface area is 225 Å². The fourth-order valence-corrected chi connectivity index (χ4v) is 5.40. The number of hydrogen-bond acceptors (Lipinski definition) is 5. The number of ether oxygens (including phenoxy) is 3. The van der Waals surface area contributed by atoms with E-state index < -0.39 is 34.8 Å². The highest BCUT2D eigenvalue weighted by atomic mass is 35.5. The lowest BCUT2D eigenvalue weighted by Gasteiger charge is -2.44. The molecule has 1 amide bonds. The van der Waals surface area contributed by atoms with Gasteiger partial charge >= 0.3 is 6.09 Å². The molecule has 38 heavy (non-hydrogen) atoms. The summed E-state index contributed by atoms with van der Waals surface area (Å²) in [5.41, 5.74) is -0.995. The zero-order valence-electron chi connectivity index (χ0n) is 21.6. The molecular formula is C29H27ClF2N2O4. The van der Waals surface area contributed by atoms with E-state index in [4.69, 9.17) is 25.8 Å². The molecule has 1 aliphatic rings. The van der Waals surface area contributed by atoms with Gasteiger partial charge in [0.05, 0.1) is 36.9 Å². The van der Waals surface area contributed by atoms with Crippen molar-refractivity contribution in [3.05, 3.63) is 81.9 Å². The van der Waals surface area contributed by atoms with Gasteiger partial charge in [-0.25, -0.2) is 13.6 Å². The van der Waals surface area contributed by atoms with Crippen molar-refractivity contribution in [1.82, 2.24) is 5.32 Å². The number of rotatable bonds is 5. The number of alkyl carbamates (subject to hydrolysis) is 1. The van der Waals surface area contributed by atoms with Crippen molar-refractivity contribution in [1.29, 1.82) is 5.26 Å². The molecule has 0 saturated heterocycles. The van der Waals surface area contributed by atoms with Crippen LogP contribution in [-0.2, 0) is 16.8 Å². The van der Waals surface area contributed by atoms with Crippen LogP contribution in [0, 0.1) is 28.4 Å². The predicted molar refractivity (Wildman–Crippen MR) is 139 cm³/mol. The first kappa shape index (κ1) is 27.2. The second-order valence-corrected chi connectivity index (χ2v) is 10.5. The number of fused-ring (bicyclic) bond motifs is 1. The standard InChI is InChI=1S/C29H27ClF2N2O4/c1-28(2,3)26(34-27(35)37-5)29(17-9-7-6-8-10-17)14-18-21(38-29)13-19(31)24(30)23(18)22-16(15-33)11-12-20(36-4)25(22)32/h6-13,26H,14H2,1-5H3,(H,34,35)/t26-,29-/m0/s1. The van der Waals surface area contributed by atoms with Crippen LogP contribution in [0.1, 0.15) is 37.5 Å². The van der Waals surface area contributed by atoms with Crippen molar-refractivity contribution in [2.45, 2.75) is 38.8 Å². The number of halogens is 3. The molecule has 0 bridgehead atoms. The largest absolute Gasteiger partial charge is 0.494 e. The van der Waals surface area contributed by atoms with Crippen LogP contribution in [0.2, 0.25) is 5.02 Å². The molecule has 1 heterocycles. The predicted octanol–water partition coefficient (Wildman–Crippen LogP) is 6.77. The topological polar surface area (TPSA) is 80.6 Å². The first-order valence-electron chi connectivity index (χ1n) is 11.8. The van der Waals surface area contributed by atoms with Gasteiger partial charge in [0.2, 0.25) is 0 Å². The lowest BCUT2D eigenvalue weighted by Crippen LogP contribution is -2.59. The summed E-state index contributed by atoms with van der Waals surface area (Å²) in [4.78, 5) is 12.5. The Bertz CT molecular complexity index is 1430. The second-order valence-electron chi connectivity index (χ2n) is 10.1. The number of hydrogen-bond donors (Lipinski definition) is 1. The van der Waals surface area contributed by atoms with Crippen LogP contribution in [0.3, 0.4) is 0 Å². The lowest BCUT2D eigenvalue weighted by atomic mass is 9.70. The molecule has 3 aromatic rings. The molecule has 4 rings (SSSR count). The normalized spacial score (nSPS) is 17.1. The van der Waals surface area contributed by atoms with Crippen LogP contribution >= 0.6 is 11.6 Å². The number of nitriles is 1. The monoisotopic (exact) mass is 540 g/mol. The van der Waals surface area contributed by atoms with E-state index >= 15 is 8.78 Å². The smallest absolute Gasteiger partial charge is 0.407 e. The molecule has 0 aromatic heterocycles. The van der Waals surface area contributed by atoms with Crippen LogP contribution in [0.4, 0.5) is 13.6 Å². The fourth-order valence-electron chi connectivity index (χ4n) is 5.13. The molecule has 3 aromatic carbocycles. The number of benzene rings is 3. The zero-order valence-corrected chi connectivity index (χ0v) is 22.4. The minimum absolute atomic E-state index is 0.00171. The van der Waals surface area contributed by atoms with Gasteiger partial charge in [-0.05, 0) is 23.1 Å². The van der Waals surface area contributed by atoms with E-state index in [-0.39, 0.29) is 39.6 Å². The first-order valence-corrected chi connectivity index (χ1v) is 12.2. The zero-order chi connectivity index (χ0) is 27.8. The van der Waals surface area contributed by atoms with Gasteiger partial charge in [-0.2, -0.15) is 5.26 Å². The average Bonchev–Trinajstić information content (AvgIpc) is 3.27. The van der Waals surface area contributed by atoms with Crippen molar-refractivity contribution >= 4 is 17.7 Å². The van der Waals surface area contributed by atoms with E-state index in [9.17, 15) is 10.1 Å². The molecule has 6 nitrogen and oxygen atoms in total. The van der Waals surface area contributed by atoms with Crippen LogP contribution in [0.5, 0.6) is 11.5 Å². The summed E-state index contributed by atoms with van der Waals surface area (Å²) in [6.07, 6.45) is -0.593. The molecule has 1 N–H and O–H groups in total. The molecule has 0 aliphatic carbocycles. The number of carbonyl (C=O) groups excluding carboxylic acids is 1. The summed E-state index contributed by atoms with van der Waals surface area (Å²) >= 11 is 6.49. The Morgan fingerprint density at radius 2 is 1.84 bits per heavy atom. The molecule has 0 spiro atoms. The summed E-state index contributed by atoms with van der Waals surface area (Å²) in [5.74, 6) is -1.69. The molecular weight excluding hydrogens is 514 g/mol. The van der Waals surface area contributed by atoms with Gasteiger partial charge in [0.1, 0.15) is 11.6 Å². The third-order valence-electron chi connectivity index (χ3n) is 6.76. The number of carbonyl (C=O) groups is 1. The summed E-state index contributed by atoms with van der Waals surface area (Å²) < 4.78 is 47.6. The van der Waals surface area contributed by atoms with Crippen molar-refractivity contribution in [3.63, 3.8) is 0 Å². The molecule has 2 atom stereocenters. The van der Waals surface area contributed by atoms with Gasteiger partial charge in [-0.15, -0.1) is 0 Å². The van der Waals surface area contributed by atoms with Crippen molar-refractivity contribution in [2.24, 2.45) is 5.41 Å². The molecule has 1 aliphatic heterocycles. The molecule has 0 unspecified atom stereocenters. The van der Waals surface area contributed by atoms with E-state index in [1.807, 2.05) is 57.2 Å². The number of nitrogens with one attached hydrogen (secondary N) is 1. The van der Waals surface area contributed by atoms with Gasteiger partial charge in [0.25, 0.3) is 0 Å². The van der Waals surface area contributed by atoms with Gasteiger partial charge in [-0.1, -0.05) is 62.7 Å². The maximum absolute atomic E-state index is 15.7. The minimum atomic E-state index is -1.26. The highest BCUT2D eigenvalue weighted by Gasteiger charge is 2.54. The molecule has 0 radical (unpaired) electrons. The van der Waals surface area contributed by atoms with Crippen LogP contribution in [0.25, 0.3) is 11.1 Å². The summed E-state index contributed by atoms with van der Waals surface area (Å²) in [6, 6.07) is 14.3. The van der Waals surface area contributed by atoms with Gasteiger partial charge < -0.3 is 19.5 Å². The lowest BCUT2D eigenvalue weighted by molar-refractivity contribution is 0.000297. The maximum atomic E-state index is 15.7. The molecule has 198 valence electrons. The SMILES string of the molecule is COC(=O)N[C@@H](C(C)(C)C)[C@@]1(c2ccccc2)Cc2c(cc(F)c(Cl)c2-c2c(C#N)ccc(OC)c2F)O1. The third-order valence-corrected chi connectivity index (χ3v) is 7.13. The Balaban J connectivity index is 2.04. The summed E-state index contributed by atoms with van der Waals surface area (Å²) in [7, 11) is 2.55. The van der Waals surface area contributed by atoms with Gasteiger partial charge in [0.15, 0.2) is 17.2 Å². The van der Waals surface area contributed by atoms with E-state index in [1.165, 1.54) is 26.4 Å². The van der Waals surface area contributed by atoms with E-state index in [2.05, 4.69) is 5.32 Å². The highest BCUT2D eigenvalue weighted by molar-refractivity contribution is 6.34. The number of nitrogens with zero attached hydrogens (tertiary/aromatic N) is 1. The van der Waals surface area contributed by atoms with Gasteiger partial charge in [-0.3, -0.25) is 0 Å². The number of amides is 1. The van der Waals surface area contributed by atoms with Crippen molar-refractivity contribution in [2.75, 3.05) is 14.2 Å². The van der Waals surface area contributed by atoms with Crippen LogP contribution < -0.4 is 14.8 Å². The first-order chi connectivity index (χ1) is 18.0. The van der Waals surface area contributed by atoms with Crippen molar-refractivity contribution in [3.8, 4) is 28.7 Å². The Morgan fingerprint density at radius 3 is 2.42 bits per heavy atom.